The lowest BCUT2D eigenvalue weighted by atomic mass is 9.94. The molecule has 0 aliphatic carbocycles. The monoisotopic (exact) mass is 336 g/mol. The molecule has 2 heterocycles. The molecule has 1 aliphatic heterocycles. The molecule has 1 fully saturated rings. The van der Waals surface area contributed by atoms with Crippen LogP contribution in [-0.2, 0) is 16.6 Å². The fourth-order valence-corrected chi connectivity index (χ4v) is 4.54. The number of aromatic amines is 1. The number of nitrogens with zero attached hydrogens (tertiary/aromatic N) is 2. The number of fused-ring (bicyclic) bond motifs is 1. The molecule has 1 aromatic heterocycles. The standard InChI is InChI=1S/C16H24N4O2S/c1-12(2)19-23(21,22)20-9-7-13(8-10-20)11-16-17-14-5-3-4-6-15(14)18-16/h3-6,12-13,19H,7-11H2,1-2H3,(H,17,18). The van der Waals surface area contributed by atoms with E-state index in [0.29, 0.717) is 19.0 Å². The van der Waals surface area contributed by atoms with Crippen LogP contribution >= 0.6 is 0 Å². The van der Waals surface area contributed by atoms with E-state index in [2.05, 4.69) is 14.7 Å². The summed E-state index contributed by atoms with van der Waals surface area (Å²) in [6, 6.07) is 7.93. The Morgan fingerprint density at radius 3 is 2.65 bits per heavy atom. The topological polar surface area (TPSA) is 78.1 Å². The van der Waals surface area contributed by atoms with Gasteiger partial charge in [-0.15, -0.1) is 0 Å². The molecule has 3 rings (SSSR count). The van der Waals surface area contributed by atoms with E-state index in [1.165, 1.54) is 0 Å². The van der Waals surface area contributed by atoms with Crippen LogP contribution in [0.15, 0.2) is 24.3 Å². The molecule has 2 N–H and O–H groups in total. The Bertz CT molecular complexity index is 728. The first-order chi connectivity index (χ1) is 10.9. The van der Waals surface area contributed by atoms with Crippen molar-refractivity contribution in [3.05, 3.63) is 30.1 Å². The highest BCUT2D eigenvalue weighted by molar-refractivity contribution is 7.87. The molecule has 0 amide bonds. The largest absolute Gasteiger partial charge is 0.342 e. The molecular formula is C16H24N4O2S. The van der Waals surface area contributed by atoms with E-state index in [0.717, 1.165) is 36.1 Å². The lowest BCUT2D eigenvalue weighted by Gasteiger charge is -2.31. The molecule has 7 heteroatoms. The van der Waals surface area contributed by atoms with E-state index >= 15 is 0 Å². The highest BCUT2D eigenvalue weighted by Gasteiger charge is 2.28. The van der Waals surface area contributed by atoms with Gasteiger partial charge in [0.2, 0.25) is 0 Å². The molecule has 1 aromatic carbocycles. The molecule has 0 bridgehead atoms. The van der Waals surface area contributed by atoms with Gasteiger partial charge in [0.05, 0.1) is 11.0 Å². The Hall–Kier alpha value is -1.44. The third-order valence-corrected chi connectivity index (χ3v) is 6.03. The lowest BCUT2D eigenvalue weighted by molar-refractivity contribution is 0.267. The van der Waals surface area contributed by atoms with Gasteiger partial charge < -0.3 is 4.98 Å². The van der Waals surface area contributed by atoms with Crippen molar-refractivity contribution in [2.45, 2.75) is 39.2 Å². The quantitative estimate of drug-likeness (QED) is 0.877. The number of benzene rings is 1. The van der Waals surface area contributed by atoms with Crippen LogP contribution in [0.2, 0.25) is 0 Å². The van der Waals surface area contributed by atoms with Crippen LogP contribution in [-0.4, -0.2) is 41.8 Å². The van der Waals surface area contributed by atoms with Crippen LogP contribution in [0.1, 0.15) is 32.5 Å². The molecule has 0 spiro atoms. The first-order valence-electron chi connectivity index (χ1n) is 8.15. The van der Waals surface area contributed by atoms with Crippen molar-refractivity contribution in [2.24, 2.45) is 5.92 Å². The zero-order valence-electron chi connectivity index (χ0n) is 13.6. The van der Waals surface area contributed by atoms with Crippen molar-refractivity contribution in [1.29, 1.82) is 0 Å². The average Bonchev–Trinajstić information content (AvgIpc) is 2.88. The van der Waals surface area contributed by atoms with Crippen molar-refractivity contribution < 1.29 is 8.42 Å². The van der Waals surface area contributed by atoms with Gasteiger partial charge in [-0.05, 0) is 44.7 Å². The Morgan fingerprint density at radius 1 is 1.30 bits per heavy atom. The number of nitrogens with one attached hydrogen (secondary N) is 2. The highest BCUT2D eigenvalue weighted by Crippen LogP contribution is 2.23. The molecule has 0 atom stereocenters. The van der Waals surface area contributed by atoms with Crippen LogP contribution in [0, 0.1) is 5.92 Å². The van der Waals surface area contributed by atoms with Crippen LogP contribution in [0.25, 0.3) is 11.0 Å². The third-order valence-electron chi connectivity index (χ3n) is 4.22. The summed E-state index contributed by atoms with van der Waals surface area (Å²) in [6.07, 6.45) is 2.62. The first-order valence-corrected chi connectivity index (χ1v) is 9.59. The molecule has 1 aliphatic rings. The first kappa shape index (κ1) is 16.4. The summed E-state index contributed by atoms with van der Waals surface area (Å²) in [6.45, 7) is 4.83. The predicted octanol–water partition coefficient (Wildman–Crippen LogP) is 2.06. The van der Waals surface area contributed by atoms with Gasteiger partial charge in [-0.1, -0.05) is 12.1 Å². The van der Waals surface area contributed by atoms with Crippen LogP contribution in [0.4, 0.5) is 0 Å². The number of imidazole rings is 1. The molecule has 2 aromatic rings. The number of H-pyrrole nitrogens is 1. The normalized spacial score (nSPS) is 18.0. The van der Waals surface area contributed by atoms with E-state index in [1.54, 1.807) is 4.31 Å². The highest BCUT2D eigenvalue weighted by atomic mass is 32.2. The zero-order valence-corrected chi connectivity index (χ0v) is 14.4. The maximum absolute atomic E-state index is 12.2. The number of rotatable bonds is 5. The summed E-state index contributed by atoms with van der Waals surface area (Å²) in [5.74, 6) is 1.47. The third kappa shape index (κ3) is 3.91. The van der Waals surface area contributed by atoms with E-state index in [4.69, 9.17) is 0 Å². The number of para-hydroxylation sites is 2. The van der Waals surface area contributed by atoms with Crippen LogP contribution < -0.4 is 4.72 Å². The van der Waals surface area contributed by atoms with Crippen molar-refractivity contribution in [2.75, 3.05) is 13.1 Å². The molecule has 126 valence electrons. The fraction of sp³-hybridized carbons (Fsp3) is 0.562. The van der Waals surface area contributed by atoms with Crippen molar-refractivity contribution in [3.63, 3.8) is 0 Å². The maximum atomic E-state index is 12.2. The van der Waals surface area contributed by atoms with Gasteiger partial charge in [-0.25, -0.2) is 4.98 Å². The minimum Gasteiger partial charge on any atom is -0.342 e. The number of piperidine rings is 1. The summed E-state index contributed by atoms with van der Waals surface area (Å²) >= 11 is 0. The van der Waals surface area contributed by atoms with E-state index < -0.39 is 10.2 Å². The number of aromatic nitrogens is 2. The second kappa shape index (κ2) is 6.59. The van der Waals surface area contributed by atoms with Crippen molar-refractivity contribution in [1.82, 2.24) is 19.0 Å². The molecule has 23 heavy (non-hydrogen) atoms. The lowest BCUT2D eigenvalue weighted by Crippen LogP contribution is -2.47. The summed E-state index contributed by atoms with van der Waals surface area (Å²) in [5.41, 5.74) is 2.05. The van der Waals surface area contributed by atoms with Crippen LogP contribution in [0.5, 0.6) is 0 Å². The SMILES string of the molecule is CC(C)NS(=O)(=O)N1CCC(Cc2nc3ccccc3[nH]2)CC1. The number of hydrogen-bond donors (Lipinski definition) is 2. The molecule has 0 radical (unpaired) electrons. The Balaban J connectivity index is 1.59. The minimum atomic E-state index is -3.34. The molecule has 0 unspecified atom stereocenters. The predicted molar refractivity (Wildman–Crippen MR) is 91.3 cm³/mol. The van der Waals surface area contributed by atoms with Gasteiger partial charge in [0, 0.05) is 25.6 Å². The van der Waals surface area contributed by atoms with Gasteiger partial charge in [0.1, 0.15) is 5.82 Å². The Kier molecular flexibility index (Phi) is 4.70. The zero-order chi connectivity index (χ0) is 16.4. The van der Waals surface area contributed by atoms with E-state index in [-0.39, 0.29) is 6.04 Å². The van der Waals surface area contributed by atoms with Gasteiger partial charge in [0.25, 0.3) is 10.2 Å². The Morgan fingerprint density at radius 2 is 2.00 bits per heavy atom. The molecule has 0 saturated carbocycles. The van der Waals surface area contributed by atoms with Crippen molar-refractivity contribution >= 4 is 21.2 Å². The molecule has 6 nitrogen and oxygen atoms in total. The fourth-order valence-electron chi connectivity index (χ4n) is 3.10. The summed E-state index contributed by atoms with van der Waals surface area (Å²) < 4.78 is 28.6. The summed E-state index contributed by atoms with van der Waals surface area (Å²) in [7, 11) is -3.34. The maximum Gasteiger partial charge on any atom is 0.279 e. The van der Waals surface area contributed by atoms with Crippen LogP contribution in [0.3, 0.4) is 0 Å². The molecular weight excluding hydrogens is 312 g/mol. The second-order valence-corrected chi connectivity index (χ2v) is 8.23. The van der Waals surface area contributed by atoms with Gasteiger partial charge in [-0.3, -0.25) is 0 Å². The van der Waals surface area contributed by atoms with E-state index in [9.17, 15) is 8.42 Å². The van der Waals surface area contributed by atoms with E-state index in [1.807, 2.05) is 38.1 Å². The van der Waals surface area contributed by atoms with Gasteiger partial charge in [-0.2, -0.15) is 17.4 Å². The molecule has 1 saturated heterocycles. The van der Waals surface area contributed by atoms with Crippen molar-refractivity contribution in [3.8, 4) is 0 Å². The second-order valence-electron chi connectivity index (χ2n) is 6.52. The minimum absolute atomic E-state index is 0.0757. The summed E-state index contributed by atoms with van der Waals surface area (Å²) in [4.78, 5) is 7.97. The average molecular weight is 336 g/mol. The number of hydrogen-bond acceptors (Lipinski definition) is 3. The van der Waals surface area contributed by atoms with Gasteiger partial charge in [0.15, 0.2) is 0 Å². The van der Waals surface area contributed by atoms with Gasteiger partial charge >= 0.3 is 0 Å². The summed E-state index contributed by atoms with van der Waals surface area (Å²) in [5, 5.41) is 0. The Labute approximate surface area is 137 Å². The smallest absolute Gasteiger partial charge is 0.279 e.